The van der Waals surface area contributed by atoms with Crippen molar-refractivity contribution < 1.29 is 19.0 Å². The first-order chi connectivity index (χ1) is 15.5. The summed E-state index contributed by atoms with van der Waals surface area (Å²) in [7, 11) is 0. The van der Waals surface area contributed by atoms with Crippen molar-refractivity contribution in [3.05, 3.63) is 98.1 Å². The van der Waals surface area contributed by atoms with Crippen LogP contribution in [0.4, 0.5) is 0 Å². The second kappa shape index (κ2) is 10.1. The Kier molecular flexibility index (Phi) is 7.07. The highest BCUT2D eigenvalue weighted by molar-refractivity contribution is 9.10. The molecule has 32 heavy (non-hydrogen) atoms. The molecular weight excluding hydrogens is 538 g/mol. The Balaban J connectivity index is 1.54. The summed E-state index contributed by atoms with van der Waals surface area (Å²) < 4.78 is 19.0. The van der Waals surface area contributed by atoms with E-state index in [0.29, 0.717) is 24.7 Å². The highest BCUT2D eigenvalue weighted by Gasteiger charge is 2.24. The van der Waals surface area contributed by atoms with Gasteiger partial charge in [0.05, 0.1) is 6.61 Å². The van der Waals surface area contributed by atoms with Crippen molar-refractivity contribution in [1.29, 1.82) is 0 Å². The average Bonchev–Trinajstić information content (AvgIpc) is 3.15. The zero-order valence-corrected chi connectivity index (χ0v) is 20.4. The van der Waals surface area contributed by atoms with Gasteiger partial charge in [-0.05, 0) is 72.7 Å². The van der Waals surface area contributed by atoms with E-state index in [-0.39, 0.29) is 11.6 Å². The predicted molar refractivity (Wildman–Crippen MR) is 131 cm³/mol. The van der Waals surface area contributed by atoms with Gasteiger partial charge in [-0.3, -0.25) is 0 Å². The molecule has 0 aliphatic carbocycles. The molecule has 3 aromatic carbocycles. The van der Waals surface area contributed by atoms with E-state index in [4.69, 9.17) is 14.2 Å². The van der Waals surface area contributed by atoms with Gasteiger partial charge in [-0.15, -0.1) is 0 Å². The van der Waals surface area contributed by atoms with Crippen molar-refractivity contribution in [3.63, 3.8) is 0 Å². The van der Waals surface area contributed by atoms with Crippen LogP contribution < -0.4 is 9.47 Å². The molecule has 3 aromatic rings. The molecule has 162 valence electrons. The molecule has 0 saturated heterocycles. The van der Waals surface area contributed by atoms with Crippen LogP contribution in [-0.4, -0.2) is 18.5 Å². The van der Waals surface area contributed by atoms with Gasteiger partial charge in [0.15, 0.2) is 17.2 Å². The lowest BCUT2D eigenvalue weighted by Gasteiger charge is -2.13. The maximum absolute atomic E-state index is 12.3. The van der Waals surface area contributed by atoms with Crippen molar-refractivity contribution in [3.8, 4) is 11.5 Å². The van der Waals surface area contributed by atoms with Crippen LogP contribution in [0.2, 0.25) is 0 Å². The molecule has 0 amide bonds. The summed E-state index contributed by atoms with van der Waals surface area (Å²) in [5.74, 6) is 1.03. The normalized spacial score (nSPS) is 14.3. The number of hydrogen-bond acceptors (Lipinski definition) is 5. The van der Waals surface area contributed by atoms with Crippen molar-refractivity contribution in [2.24, 2.45) is 4.99 Å². The monoisotopic (exact) mass is 555 g/mol. The second-order valence-electron chi connectivity index (χ2n) is 6.90. The summed E-state index contributed by atoms with van der Waals surface area (Å²) in [6.45, 7) is 2.82. The number of carbonyl (C=O) groups is 1. The van der Waals surface area contributed by atoms with E-state index in [1.165, 1.54) is 0 Å². The lowest BCUT2D eigenvalue weighted by Crippen LogP contribution is -2.05. The first kappa shape index (κ1) is 22.3. The summed E-state index contributed by atoms with van der Waals surface area (Å²) in [5, 5.41) is 0. The van der Waals surface area contributed by atoms with Crippen LogP contribution in [0.1, 0.15) is 23.6 Å². The van der Waals surface area contributed by atoms with Crippen LogP contribution in [0.5, 0.6) is 11.5 Å². The third-order valence-corrected chi connectivity index (χ3v) is 5.65. The van der Waals surface area contributed by atoms with Crippen molar-refractivity contribution in [2.45, 2.75) is 13.5 Å². The molecule has 0 bridgehead atoms. The number of halogens is 2. The topological polar surface area (TPSA) is 57.1 Å². The summed E-state index contributed by atoms with van der Waals surface area (Å²) in [4.78, 5) is 16.7. The molecule has 0 fully saturated rings. The standard InChI is InChI=1S/C25H19Br2NO4/c1-2-30-23-14-17(5-12-22(23)31-15-16-3-8-19(26)9-4-16)13-21-25(29)32-24(28-21)18-6-10-20(27)11-7-18/h3-14H,2,15H2,1H3/b21-13-. The molecule has 0 unspecified atom stereocenters. The van der Waals surface area contributed by atoms with Gasteiger partial charge in [0.2, 0.25) is 5.90 Å². The van der Waals surface area contributed by atoms with Crippen LogP contribution in [0.3, 0.4) is 0 Å². The zero-order chi connectivity index (χ0) is 22.5. The molecule has 4 rings (SSSR count). The van der Waals surface area contributed by atoms with Crippen LogP contribution in [0.15, 0.2) is 86.4 Å². The number of carbonyl (C=O) groups excluding carboxylic acids is 1. The first-order valence-electron chi connectivity index (χ1n) is 9.94. The van der Waals surface area contributed by atoms with Gasteiger partial charge in [-0.1, -0.05) is 50.1 Å². The van der Waals surface area contributed by atoms with Gasteiger partial charge in [-0.2, -0.15) is 0 Å². The third kappa shape index (κ3) is 5.47. The largest absolute Gasteiger partial charge is 0.490 e. The Bertz CT molecular complexity index is 1190. The Morgan fingerprint density at radius 1 is 0.906 bits per heavy atom. The van der Waals surface area contributed by atoms with Crippen molar-refractivity contribution >= 4 is 49.8 Å². The Morgan fingerprint density at radius 3 is 2.28 bits per heavy atom. The predicted octanol–water partition coefficient (Wildman–Crippen LogP) is 6.53. The average molecular weight is 557 g/mol. The van der Waals surface area contributed by atoms with E-state index in [2.05, 4.69) is 36.9 Å². The lowest BCUT2D eigenvalue weighted by molar-refractivity contribution is -0.129. The number of rotatable bonds is 7. The highest BCUT2D eigenvalue weighted by Crippen LogP contribution is 2.31. The molecule has 0 aromatic heterocycles. The van der Waals surface area contributed by atoms with E-state index < -0.39 is 5.97 Å². The van der Waals surface area contributed by atoms with Gasteiger partial charge in [0, 0.05) is 14.5 Å². The smallest absolute Gasteiger partial charge is 0.363 e. The van der Waals surface area contributed by atoms with Gasteiger partial charge < -0.3 is 14.2 Å². The molecule has 1 heterocycles. The summed E-state index contributed by atoms with van der Waals surface area (Å²) >= 11 is 6.82. The van der Waals surface area contributed by atoms with Crippen LogP contribution in [0.25, 0.3) is 6.08 Å². The quantitative estimate of drug-likeness (QED) is 0.245. The molecule has 0 saturated carbocycles. The minimum Gasteiger partial charge on any atom is -0.490 e. The fourth-order valence-corrected chi connectivity index (χ4v) is 3.56. The molecule has 0 atom stereocenters. The molecule has 1 aliphatic heterocycles. The second-order valence-corrected chi connectivity index (χ2v) is 8.73. The minimum absolute atomic E-state index is 0.230. The molecule has 7 heteroatoms. The van der Waals surface area contributed by atoms with Crippen molar-refractivity contribution in [2.75, 3.05) is 6.61 Å². The Morgan fingerprint density at radius 2 is 1.59 bits per heavy atom. The van der Waals surface area contributed by atoms with Gasteiger partial charge in [-0.25, -0.2) is 9.79 Å². The number of benzene rings is 3. The maximum Gasteiger partial charge on any atom is 0.363 e. The van der Waals surface area contributed by atoms with Crippen molar-refractivity contribution in [1.82, 2.24) is 0 Å². The minimum atomic E-state index is -0.489. The number of esters is 1. The summed E-state index contributed by atoms with van der Waals surface area (Å²) in [5.41, 5.74) is 2.77. The lowest BCUT2D eigenvalue weighted by atomic mass is 10.1. The molecule has 1 aliphatic rings. The molecular formula is C25H19Br2NO4. The Hall–Kier alpha value is -2.90. The zero-order valence-electron chi connectivity index (χ0n) is 17.2. The van der Waals surface area contributed by atoms with E-state index in [1.54, 1.807) is 6.08 Å². The molecule has 0 spiro atoms. The molecule has 5 nitrogen and oxygen atoms in total. The number of aliphatic imine (C=N–C) groups is 1. The number of nitrogens with zero attached hydrogens (tertiary/aromatic N) is 1. The van der Waals surface area contributed by atoms with Gasteiger partial charge >= 0.3 is 5.97 Å². The first-order valence-corrected chi connectivity index (χ1v) is 11.5. The molecule has 0 radical (unpaired) electrons. The third-order valence-electron chi connectivity index (χ3n) is 4.59. The highest BCUT2D eigenvalue weighted by atomic mass is 79.9. The van der Waals surface area contributed by atoms with Gasteiger partial charge in [0.25, 0.3) is 0 Å². The molecule has 0 N–H and O–H groups in total. The van der Waals surface area contributed by atoms with E-state index >= 15 is 0 Å². The number of hydrogen-bond donors (Lipinski definition) is 0. The van der Waals surface area contributed by atoms with Crippen LogP contribution in [-0.2, 0) is 16.1 Å². The van der Waals surface area contributed by atoms with Crippen LogP contribution >= 0.6 is 31.9 Å². The summed E-state index contributed by atoms with van der Waals surface area (Å²) in [6.07, 6.45) is 1.68. The number of ether oxygens (including phenoxy) is 3. The van der Waals surface area contributed by atoms with Gasteiger partial charge in [0.1, 0.15) is 6.61 Å². The fourth-order valence-electron chi connectivity index (χ4n) is 3.03. The Labute approximate surface area is 203 Å². The van der Waals surface area contributed by atoms with E-state index in [0.717, 1.165) is 25.6 Å². The summed E-state index contributed by atoms with van der Waals surface area (Å²) in [6, 6.07) is 20.9. The van der Waals surface area contributed by atoms with E-state index in [9.17, 15) is 4.79 Å². The number of cyclic esters (lactones) is 1. The maximum atomic E-state index is 12.3. The fraction of sp³-hybridized carbons (Fsp3) is 0.120. The van der Waals surface area contributed by atoms with Crippen LogP contribution in [0, 0.1) is 0 Å². The SMILES string of the molecule is CCOc1cc(/C=C2\N=C(c3ccc(Br)cc3)OC2=O)ccc1OCc1ccc(Br)cc1. The van der Waals surface area contributed by atoms with E-state index in [1.807, 2.05) is 73.7 Å².